The fourth-order valence-corrected chi connectivity index (χ4v) is 4.69. The van der Waals surface area contributed by atoms with Crippen LogP contribution in [0.25, 0.3) is 0 Å². The molecule has 2 rings (SSSR count). The highest BCUT2D eigenvalue weighted by molar-refractivity contribution is 7.99. The van der Waals surface area contributed by atoms with E-state index in [1.54, 1.807) is 11.1 Å². The maximum atomic E-state index is 8.96. The van der Waals surface area contributed by atoms with Gasteiger partial charge in [0.05, 0.1) is 0 Å². The van der Waals surface area contributed by atoms with Crippen LogP contribution in [-0.2, 0) is 12.8 Å². The average Bonchev–Trinajstić information content (AvgIpc) is 2.58. The number of rotatable bonds is 10. The monoisotopic (exact) mass is 349 g/mol. The van der Waals surface area contributed by atoms with Crippen LogP contribution in [0.15, 0.2) is 18.2 Å². The Morgan fingerprint density at radius 1 is 1.25 bits per heavy atom. The van der Waals surface area contributed by atoms with Gasteiger partial charge in [0.2, 0.25) is 0 Å². The number of unbranched alkanes of at least 4 members (excludes halogenated alkanes) is 1. The highest BCUT2D eigenvalue weighted by Crippen LogP contribution is 2.32. The number of fused-ring (bicyclic) bond motifs is 1. The SMILES string of the molecule is CC(C)SCC[C@@H]1CCc2cc([C@H](CN)CCCCO)ccc2C1. The highest BCUT2D eigenvalue weighted by atomic mass is 32.2. The van der Waals surface area contributed by atoms with E-state index in [2.05, 4.69) is 43.8 Å². The van der Waals surface area contributed by atoms with E-state index in [1.807, 2.05) is 0 Å². The molecule has 3 N–H and O–H groups in total. The number of aryl methyl sites for hydroxylation is 1. The predicted octanol–water partition coefficient (Wildman–Crippen LogP) is 4.53. The number of aliphatic hydroxyl groups is 1. The van der Waals surface area contributed by atoms with E-state index in [9.17, 15) is 0 Å². The van der Waals surface area contributed by atoms with Gasteiger partial charge in [0.1, 0.15) is 0 Å². The molecule has 24 heavy (non-hydrogen) atoms. The quantitative estimate of drug-likeness (QED) is 0.610. The molecular weight excluding hydrogens is 314 g/mol. The first-order valence-electron chi connectivity index (χ1n) is 9.68. The van der Waals surface area contributed by atoms with Gasteiger partial charge in [-0.05, 0) is 84.6 Å². The molecular formula is C21H35NOS. The topological polar surface area (TPSA) is 46.2 Å². The molecule has 0 bridgehead atoms. The van der Waals surface area contributed by atoms with Gasteiger partial charge in [-0.2, -0.15) is 11.8 Å². The number of thioether (sulfide) groups is 1. The van der Waals surface area contributed by atoms with E-state index in [4.69, 9.17) is 10.8 Å². The zero-order valence-electron chi connectivity index (χ0n) is 15.5. The van der Waals surface area contributed by atoms with Crippen molar-refractivity contribution in [1.82, 2.24) is 0 Å². The van der Waals surface area contributed by atoms with Gasteiger partial charge in [-0.25, -0.2) is 0 Å². The van der Waals surface area contributed by atoms with Crippen LogP contribution in [0.2, 0.25) is 0 Å². The van der Waals surface area contributed by atoms with E-state index >= 15 is 0 Å². The standard InChI is InChI=1S/C21H35NOS/c1-16(2)24-12-10-17-6-7-19-14-20(9-8-18(19)13-17)21(15-22)5-3-4-11-23/h8-9,14,16-17,21,23H,3-7,10-13,15,22H2,1-2H3/t17-,21-/m0/s1. The molecule has 1 aromatic carbocycles. The molecule has 0 amide bonds. The Bertz CT molecular complexity index is 489. The van der Waals surface area contributed by atoms with Crippen LogP contribution < -0.4 is 5.73 Å². The molecule has 136 valence electrons. The normalized spacial score (nSPS) is 18.6. The fourth-order valence-electron chi connectivity index (χ4n) is 3.74. The molecule has 1 aliphatic carbocycles. The summed E-state index contributed by atoms with van der Waals surface area (Å²) in [6.07, 6.45) is 8.22. The minimum atomic E-state index is 0.290. The minimum Gasteiger partial charge on any atom is -0.396 e. The lowest BCUT2D eigenvalue weighted by Gasteiger charge is -2.26. The maximum Gasteiger partial charge on any atom is 0.0431 e. The molecule has 0 spiro atoms. The highest BCUT2D eigenvalue weighted by Gasteiger charge is 2.20. The van der Waals surface area contributed by atoms with Crippen molar-refractivity contribution in [1.29, 1.82) is 0 Å². The van der Waals surface area contributed by atoms with Crippen LogP contribution in [0.3, 0.4) is 0 Å². The van der Waals surface area contributed by atoms with E-state index in [0.29, 0.717) is 12.5 Å². The summed E-state index contributed by atoms with van der Waals surface area (Å²) in [7, 11) is 0. The second-order valence-electron chi connectivity index (χ2n) is 7.50. The lowest BCUT2D eigenvalue weighted by atomic mass is 9.80. The van der Waals surface area contributed by atoms with Crippen LogP contribution in [-0.4, -0.2) is 29.3 Å². The number of aliphatic hydroxyl groups excluding tert-OH is 1. The Labute approximate surface area is 152 Å². The van der Waals surface area contributed by atoms with Crippen molar-refractivity contribution in [3.63, 3.8) is 0 Å². The van der Waals surface area contributed by atoms with Gasteiger partial charge < -0.3 is 10.8 Å². The van der Waals surface area contributed by atoms with Crippen molar-refractivity contribution in [3.8, 4) is 0 Å². The molecule has 0 aliphatic heterocycles. The van der Waals surface area contributed by atoms with Gasteiger partial charge in [0.15, 0.2) is 0 Å². The Balaban J connectivity index is 1.92. The lowest BCUT2D eigenvalue weighted by Crippen LogP contribution is -2.17. The second-order valence-corrected chi connectivity index (χ2v) is 9.18. The first-order chi connectivity index (χ1) is 11.6. The van der Waals surface area contributed by atoms with Crippen molar-refractivity contribution < 1.29 is 5.11 Å². The summed E-state index contributed by atoms with van der Waals surface area (Å²) in [4.78, 5) is 0. The molecule has 0 saturated carbocycles. The second kappa shape index (κ2) is 10.5. The van der Waals surface area contributed by atoms with E-state index in [0.717, 1.165) is 30.4 Å². The molecule has 1 aliphatic rings. The van der Waals surface area contributed by atoms with Crippen LogP contribution in [0, 0.1) is 5.92 Å². The molecule has 0 aromatic heterocycles. The zero-order chi connectivity index (χ0) is 17.4. The average molecular weight is 350 g/mol. The molecule has 2 nitrogen and oxygen atoms in total. The van der Waals surface area contributed by atoms with E-state index in [1.165, 1.54) is 37.0 Å². The first kappa shape index (κ1) is 19.8. The summed E-state index contributed by atoms with van der Waals surface area (Å²) >= 11 is 2.09. The Kier molecular flexibility index (Phi) is 8.65. The largest absolute Gasteiger partial charge is 0.396 e. The molecule has 0 unspecified atom stereocenters. The molecule has 0 saturated heterocycles. The van der Waals surface area contributed by atoms with Crippen LogP contribution >= 0.6 is 11.8 Å². The Morgan fingerprint density at radius 2 is 2.08 bits per heavy atom. The molecule has 0 radical (unpaired) electrons. The van der Waals surface area contributed by atoms with Gasteiger partial charge in [-0.15, -0.1) is 0 Å². The molecule has 0 fully saturated rings. The van der Waals surface area contributed by atoms with Crippen molar-refractivity contribution in [2.24, 2.45) is 11.7 Å². The molecule has 1 aromatic rings. The summed E-state index contributed by atoms with van der Waals surface area (Å²) < 4.78 is 0. The van der Waals surface area contributed by atoms with Crippen molar-refractivity contribution in [2.75, 3.05) is 18.9 Å². The predicted molar refractivity (Wildman–Crippen MR) is 107 cm³/mol. The maximum absolute atomic E-state index is 8.96. The summed E-state index contributed by atoms with van der Waals surface area (Å²) in [5.41, 5.74) is 10.5. The van der Waals surface area contributed by atoms with E-state index < -0.39 is 0 Å². The van der Waals surface area contributed by atoms with Gasteiger partial charge in [0, 0.05) is 6.61 Å². The zero-order valence-corrected chi connectivity index (χ0v) is 16.3. The van der Waals surface area contributed by atoms with Gasteiger partial charge in [-0.3, -0.25) is 0 Å². The number of hydrogen-bond donors (Lipinski definition) is 2. The van der Waals surface area contributed by atoms with Crippen molar-refractivity contribution in [2.45, 2.75) is 70.0 Å². The Morgan fingerprint density at radius 3 is 2.79 bits per heavy atom. The Hall–Kier alpha value is -0.510. The van der Waals surface area contributed by atoms with Crippen LogP contribution in [0.1, 0.15) is 68.6 Å². The lowest BCUT2D eigenvalue weighted by molar-refractivity contribution is 0.281. The first-order valence-corrected chi connectivity index (χ1v) is 10.7. The summed E-state index contributed by atoms with van der Waals surface area (Å²) in [5.74, 6) is 2.61. The molecule has 3 heteroatoms. The fraction of sp³-hybridized carbons (Fsp3) is 0.714. The third-order valence-corrected chi connectivity index (χ3v) is 6.39. The molecule has 2 atom stereocenters. The number of hydrogen-bond acceptors (Lipinski definition) is 3. The van der Waals surface area contributed by atoms with Crippen molar-refractivity contribution >= 4 is 11.8 Å². The smallest absolute Gasteiger partial charge is 0.0431 e. The van der Waals surface area contributed by atoms with Crippen LogP contribution in [0.4, 0.5) is 0 Å². The molecule has 0 heterocycles. The van der Waals surface area contributed by atoms with E-state index in [-0.39, 0.29) is 6.61 Å². The summed E-state index contributed by atoms with van der Waals surface area (Å²) in [6.45, 7) is 5.57. The van der Waals surface area contributed by atoms with Crippen LogP contribution in [0.5, 0.6) is 0 Å². The van der Waals surface area contributed by atoms with Gasteiger partial charge in [-0.1, -0.05) is 38.5 Å². The minimum absolute atomic E-state index is 0.290. The number of benzene rings is 1. The van der Waals surface area contributed by atoms with Crippen molar-refractivity contribution in [3.05, 3.63) is 34.9 Å². The summed E-state index contributed by atoms with van der Waals surface area (Å²) in [5, 5.41) is 9.72. The number of nitrogens with two attached hydrogens (primary N) is 1. The summed E-state index contributed by atoms with van der Waals surface area (Å²) in [6, 6.07) is 7.09. The third kappa shape index (κ3) is 6.09. The van der Waals surface area contributed by atoms with Gasteiger partial charge >= 0.3 is 0 Å². The third-order valence-electron chi connectivity index (χ3n) is 5.25. The van der Waals surface area contributed by atoms with Gasteiger partial charge in [0.25, 0.3) is 0 Å².